The number of amides is 1. The summed E-state index contributed by atoms with van der Waals surface area (Å²) in [5, 5.41) is 0. The van der Waals surface area contributed by atoms with Crippen molar-refractivity contribution in [3.63, 3.8) is 0 Å². The number of ether oxygens (including phenoxy) is 1. The zero-order valence-electron chi connectivity index (χ0n) is 15.2. The highest BCUT2D eigenvalue weighted by Gasteiger charge is 2.29. The summed E-state index contributed by atoms with van der Waals surface area (Å²) < 4.78 is 5.13. The molecule has 1 fully saturated rings. The Balaban J connectivity index is 1.64. The third kappa shape index (κ3) is 3.72. The van der Waals surface area contributed by atoms with Gasteiger partial charge in [-0.25, -0.2) is 0 Å². The Hall–Kier alpha value is -2.82. The Labute approximate surface area is 153 Å². The van der Waals surface area contributed by atoms with E-state index in [1.807, 2.05) is 17.9 Å². The largest absolute Gasteiger partial charge is 0.497 e. The highest BCUT2D eigenvalue weighted by Crippen LogP contribution is 2.25. The highest BCUT2D eigenvalue weighted by molar-refractivity contribution is 5.99. The van der Waals surface area contributed by atoms with E-state index in [1.54, 1.807) is 43.5 Å². The molecule has 0 unspecified atom stereocenters. The number of nitrogen functional groups attached to an aromatic ring is 1. The molecule has 1 saturated heterocycles. The number of aryl methyl sites for hydroxylation is 1. The minimum Gasteiger partial charge on any atom is -0.497 e. The number of nitrogens with zero attached hydrogens (tertiary/aromatic N) is 1. The van der Waals surface area contributed by atoms with E-state index in [2.05, 4.69) is 0 Å². The normalized spacial score (nSPS) is 14.9. The van der Waals surface area contributed by atoms with Crippen molar-refractivity contribution in [1.82, 2.24) is 4.90 Å². The van der Waals surface area contributed by atoms with Gasteiger partial charge in [0, 0.05) is 35.8 Å². The Morgan fingerprint density at radius 2 is 1.73 bits per heavy atom. The van der Waals surface area contributed by atoms with Gasteiger partial charge in [-0.1, -0.05) is 6.07 Å². The first-order valence-electron chi connectivity index (χ1n) is 8.83. The number of carbonyl (C=O) groups excluding carboxylic acids is 2. The molecule has 136 valence electrons. The molecule has 1 aliphatic rings. The molecule has 5 heteroatoms. The molecular formula is C21H24N2O3. The lowest BCUT2D eigenvalue weighted by Crippen LogP contribution is -2.40. The molecule has 0 radical (unpaired) electrons. The van der Waals surface area contributed by atoms with Gasteiger partial charge in [0.25, 0.3) is 5.91 Å². The summed E-state index contributed by atoms with van der Waals surface area (Å²) in [7, 11) is 1.60. The van der Waals surface area contributed by atoms with Crippen LogP contribution in [0.2, 0.25) is 0 Å². The zero-order valence-corrected chi connectivity index (χ0v) is 15.2. The second kappa shape index (κ2) is 7.60. The minimum absolute atomic E-state index is 0.00912. The summed E-state index contributed by atoms with van der Waals surface area (Å²) in [5.41, 5.74) is 8.66. The topological polar surface area (TPSA) is 72.6 Å². The number of likely N-dealkylation sites (tertiary alicyclic amines) is 1. The van der Waals surface area contributed by atoms with E-state index in [-0.39, 0.29) is 17.6 Å². The second-order valence-electron chi connectivity index (χ2n) is 6.73. The number of methoxy groups -OCH3 is 1. The van der Waals surface area contributed by atoms with Gasteiger partial charge < -0.3 is 15.4 Å². The van der Waals surface area contributed by atoms with Gasteiger partial charge in [0.1, 0.15) is 5.75 Å². The van der Waals surface area contributed by atoms with Gasteiger partial charge >= 0.3 is 0 Å². The van der Waals surface area contributed by atoms with Crippen molar-refractivity contribution in [3.8, 4) is 5.75 Å². The van der Waals surface area contributed by atoms with Crippen molar-refractivity contribution in [2.75, 3.05) is 25.9 Å². The Kier molecular flexibility index (Phi) is 5.26. The van der Waals surface area contributed by atoms with Crippen molar-refractivity contribution >= 4 is 17.4 Å². The van der Waals surface area contributed by atoms with Crippen molar-refractivity contribution in [1.29, 1.82) is 0 Å². The third-order valence-electron chi connectivity index (χ3n) is 5.02. The molecule has 26 heavy (non-hydrogen) atoms. The summed E-state index contributed by atoms with van der Waals surface area (Å²) in [5.74, 6) is 0.818. The number of Topliss-reactive ketones (excluding diaryl/α,β-unsaturated/α-hetero) is 1. The summed E-state index contributed by atoms with van der Waals surface area (Å²) in [4.78, 5) is 27.3. The van der Waals surface area contributed by atoms with Gasteiger partial charge in [-0.2, -0.15) is 0 Å². The van der Waals surface area contributed by atoms with E-state index in [9.17, 15) is 9.59 Å². The Bertz CT molecular complexity index is 807. The van der Waals surface area contributed by atoms with Crippen molar-refractivity contribution in [3.05, 3.63) is 59.2 Å². The van der Waals surface area contributed by atoms with Crippen LogP contribution in [0.4, 0.5) is 5.69 Å². The van der Waals surface area contributed by atoms with Crippen LogP contribution >= 0.6 is 0 Å². The summed E-state index contributed by atoms with van der Waals surface area (Å²) in [6.45, 7) is 3.08. The van der Waals surface area contributed by atoms with Crippen LogP contribution in [-0.2, 0) is 0 Å². The summed E-state index contributed by atoms with van der Waals surface area (Å²) in [6.07, 6.45) is 1.36. The molecule has 0 bridgehead atoms. The number of nitrogens with two attached hydrogens (primary N) is 1. The maximum atomic E-state index is 12.8. The molecule has 0 atom stereocenters. The maximum absolute atomic E-state index is 12.8. The lowest BCUT2D eigenvalue weighted by atomic mass is 9.88. The van der Waals surface area contributed by atoms with Gasteiger partial charge in [0.15, 0.2) is 5.78 Å². The number of ketones is 1. The van der Waals surface area contributed by atoms with Crippen LogP contribution < -0.4 is 10.5 Å². The molecule has 2 aromatic rings. The number of piperidine rings is 1. The summed E-state index contributed by atoms with van der Waals surface area (Å²) >= 11 is 0. The SMILES string of the molecule is COc1ccc(C(=O)C2CCN(C(=O)c3cc(N)ccc3C)CC2)cc1. The van der Waals surface area contributed by atoms with E-state index in [1.165, 1.54) is 0 Å². The molecule has 0 saturated carbocycles. The first-order chi connectivity index (χ1) is 12.5. The van der Waals surface area contributed by atoms with E-state index >= 15 is 0 Å². The Morgan fingerprint density at radius 1 is 1.08 bits per heavy atom. The number of hydrogen-bond acceptors (Lipinski definition) is 4. The van der Waals surface area contributed by atoms with Crippen LogP contribution in [0.25, 0.3) is 0 Å². The van der Waals surface area contributed by atoms with Gasteiger partial charge in [-0.3, -0.25) is 9.59 Å². The van der Waals surface area contributed by atoms with Crippen molar-refractivity contribution in [2.24, 2.45) is 5.92 Å². The highest BCUT2D eigenvalue weighted by atomic mass is 16.5. The van der Waals surface area contributed by atoms with E-state index in [0.29, 0.717) is 42.7 Å². The van der Waals surface area contributed by atoms with Crippen LogP contribution in [-0.4, -0.2) is 36.8 Å². The molecule has 2 aromatic carbocycles. The predicted octanol–water partition coefficient (Wildman–Crippen LogP) is 3.32. The van der Waals surface area contributed by atoms with Crippen LogP contribution in [0, 0.1) is 12.8 Å². The molecule has 0 aliphatic carbocycles. The molecule has 1 amide bonds. The first-order valence-corrected chi connectivity index (χ1v) is 8.83. The number of anilines is 1. The zero-order chi connectivity index (χ0) is 18.7. The maximum Gasteiger partial charge on any atom is 0.254 e. The first kappa shape index (κ1) is 18.0. The van der Waals surface area contributed by atoms with E-state index < -0.39 is 0 Å². The van der Waals surface area contributed by atoms with Gasteiger partial charge in [0.2, 0.25) is 0 Å². The number of carbonyl (C=O) groups is 2. The quantitative estimate of drug-likeness (QED) is 0.677. The average molecular weight is 352 g/mol. The lowest BCUT2D eigenvalue weighted by Gasteiger charge is -2.31. The monoisotopic (exact) mass is 352 g/mol. The molecule has 3 rings (SSSR count). The van der Waals surface area contributed by atoms with Crippen LogP contribution in [0.1, 0.15) is 39.1 Å². The standard InChI is InChI=1S/C21H24N2O3/c1-14-3-6-17(22)13-19(14)21(25)23-11-9-16(10-12-23)20(24)15-4-7-18(26-2)8-5-15/h3-8,13,16H,9-12,22H2,1-2H3. The van der Waals surface area contributed by atoms with Gasteiger partial charge in [0.05, 0.1) is 7.11 Å². The van der Waals surface area contributed by atoms with Gasteiger partial charge in [-0.05, 0) is 61.7 Å². The Morgan fingerprint density at radius 3 is 2.35 bits per heavy atom. The number of rotatable bonds is 4. The second-order valence-corrected chi connectivity index (χ2v) is 6.73. The predicted molar refractivity (Wildman–Crippen MR) is 102 cm³/mol. The van der Waals surface area contributed by atoms with Gasteiger partial charge in [-0.15, -0.1) is 0 Å². The van der Waals surface area contributed by atoms with Crippen molar-refractivity contribution in [2.45, 2.75) is 19.8 Å². The summed E-state index contributed by atoms with van der Waals surface area (Å²) in [6, 6.07) is 12.6. The van der Waals surface area contributed by atoms with Crippen LogP contribution in [0.5, 0.6) is 5.75 Å². The number of hydrogen-bond donors (Lipinski definition) is 1. The molecule has 1 heterocycles. The molecule has 0 spiro atoms. The van der Waals surface area contributed by atoms with Crippen LogP contribution in [0.15, 0.2) is 42.5 Å². The third-order valence-corrected chi connectivity index (χ3v) is 5.02. The average Bonchev–Trinajstić information content (AvgIpc) is 2.69. The molecule has 5 nitrogen and oxygen atoms in total. The van der Waals surface area contributed by atoms with E-state index in [4.69, 9.17) is 10.5 Å². The fourth-order valence-corrected chi connectivity index (χ4v) is 3.38. The fourth-order valence-electron chi connectivity index (χ4n) is 3.38. The smallest absolute Gasteiger partial charge is 0.254 e. The molecular weight excluding hydrogens is 328 g/mol. The van der Waals surface area contributed by atoms with E-state index in [0.717, 1.165) is 11.3 Å². The molecule has 0 aromatic heterocycles. The fraction of sp³-hybridized carbons (Fsp3) is 0.333. The minimum atomic E-state index is -0.0469. The van der Waals surface area contributed by atoms with Crippen LogP contribution in [0.3, 0.4) is 0 Å². The van der Waals surface area contributed by atoms with Crippen molar-refractivity contribution < 1.29 is 14.3 Å². The molecule has 2 N–H and O–H groups in total. The lowest BCUT2D eigenvalue weighted by molar-refractivity contribution is 0.0649. The molecule has 1 aliphatic heterocycles. The number of benzene rings is 2.